The Labute approximate surface area is 117 Å². The number of methoxy groups -OCH3 is 1. The molecular formula is C12H16Cl2N2O2. The molecule has 1 unspecified atom stereocenters. The predicted octanol–water partition coefficient (Wildman–Crippen LogP) is 2.68. The van der Waals surface area contributed by atoms with Gasteiger partial charge in [-0.3, -0.25) is 4.79 Å². The zero-order valence-electron chi connectivity index (χ0n) is 10.5. The summed E-state index contributed by atoms with van der Waals surface area (Å²) in [6.07, 6.45) is 0. The minimum Gasteiger partial charge on any atom is -0.399 e. The Bertz CT molecular complexity index is 452. The van der Waals surface area contributed by atoms with Crippen LogP contribution in [-0.4, -0.2) is 37.6 Å². The summed E-state index contributed by atoms with van der Waals surface area (Å²) in [5.74, 6) is -0.237. The second-order valence-electron chi connectivity index (χ2n) is 4.08. The van der Waals surface area contributed by atoms with Gasteiger partial charge in [-0.25, -0.2) is 0 Å². The number of nitrogens with two attached hydrogens (primary N) is 1. The number of likely N-dealkylation sites (N-methyl/N-ethyl adjacent to an activating group) is 1. The normalized spacial score (nSPS) is 12.3. The molecule has 0 aliphatic heterocycles. The minimum atomic E-state index is -0.237. The molecule has 1 aromatic carbocycles. The van der Waals surface area contributed by atoms with Gasteiger partial charge < -0.3 is 15.4 Å². The molecule has 0 spiro atoms. The third-order valence-corrected chi connectivity index (χ3v) is 3.47. The van der Waals surface area contributed by atoms with Crippen LogP contribution in [0.25, 0.3) is 0 Å². The maximum absolute atomic E-state index is 12.3. The van der Waals surface area contributed by atoms with Crippen LogP contribution in [0.2, 0.25) is 10.0 Å². The van der Waals surface area contributed by atoms with Crippen molar-refractivity contribution in [3.8, 4) is 0 Å². The molecule has 0 saturated carbocycles. The maximum Gasteiger partial charge on any atom is 0.255 e. The van der Waals surface area contributed by atoms with Gasteiger partial charge in [-0.05, 0) is 19.1 Å². The second-order valence-corrected chi connectivity index (χ2v) is 4.87. The Kier molecular flexibility index (Phi) is 5.26. The molecule has 0 fully saturated rings. The lowest BCUT2D eigenvalue weighted by Crippen LogP contribution is -2.38. The summed E-state index contributed by atoms with van der Waals surface area (Å²) in [6, 6.07) is 2.96. The van der Waals surface area contributed by atoms with Crippen molar-refractivity contribution in [2.75, 3.05) is 26.5 Å². The number of amides is 1. The highest BCUT2D eigenvalue weighted by Crippen LogP contribution is 2.29. The topological polar surface area (TPSA) is 55.6 Å². The van der Waals surface area contributed by atoms with Gasteiger partial charge >= 0.3 is 0 Å². The summed E-state index contributed by atoms with van der Waals surface area (Å²) < 4.78 is 5.01. The fourth-order valence-corrected chi connectivity index (χ4v) is 1.93. The number of hydrogen-bond acceptors (Lipinski definition) is 3. The molecule has 1 rings (SSSR count). The molecule has 1 atom stereocenters. The highest BCUT2D eigenvalue weighted by atomic mass is 35.5. The molecule has 0 aliphatic carbocycles. The third-order valence-electron chi connectivity index (χ3n) is 2.67. The van der Waals surface area contributed by atoms with E-state index in [1.165, 1.54) is 12.1 Å². The van der Waals surface area contributed by atoms with Crippen molar-refractivity contribution in [2.45, 2.75) is 13.0 Å². The van der Waals surface area contributed by atoms with Crippen LogP contribution < -0.4 is 5.73 Å². The van der Waals surface area contributed by atoms with Gasteiger partial charge in [-0.2, -0.15) is 0 Å². The second kappa shape index (κ2) is 6.27. The van der Waals surface area contributed by atoms with Crippen molar-refractivity contribution >= 4 is 34.8 Å². The van der Waals surface area contributed by atoms with E-state index in [1.807, 2.05) is 6.92 Å². The summed E-state index contributed by atoms with van der Waals surface area (Å²) in [4.78, 5) is 13.8. The van der Waals surface area contributed by atoms with E-state index < -0.39 is 0 Å². The van der Waals surface area contributed by atoms with E-state index in [2.05, 4.69) is 0 Å². The van der Waals surface area contributed by atoms with Crippen LogP contribution in [-0.2, 0) is 4.74 Å². The lowest BCUT2D eigenvalue weighted by atomic mass is 10.1. The smallest absolute Gasteiger partial charge is 0.255 e. The molecule has 100 valence electrons. The first-order valence-corrected chi connectivity index (χ1v) is 6.14. The van der Waals surface area contributed by atoms with Gasteiger partial charge in [0.25, 0.3) is 5.91 Å². The van der Waals surface area contributed by atoms with Crippen molar-refractivity contribution in [1.82, 2.24) is 4.90 Å². The van der Waals surface area contributed by atoms with E-state index in [9.17, 15) is 4.79 Å². The van der Waals surface area contributed by atoms with Gasteiger partial charge in [0.2, 0.25) is 0 Å². The molecule has 0 heterocycles. The SMILES string of the molecule is COCC(C)N(C)C(=O)c1cc(N)cc(Cl)c1Cl. The average Bonchev–Trinajstić information content (AvgIpc) is 2.32. The first kappa shape index (κ1) is 15.1. The summed E-state index contributed by atoms with van der Waals surface area (Å²) in [7, 11) is 3.26. The van der Waals surface area contributed by atoms with Crippen molar-refractivity contribution in [2.24, 2.45) is 0 Å². The van der Waals surface area contributed by atoms with Crippen LogP contribution in [0, 0.1) is 0 Å². The van der Waals surface area contributed by atoms with Gasteiger partial charge in [-0.1, -0.05) is 23.2 Å². The first-order valence-electron chi connectivity index (χ1n) is 5.39. The van der Waals surface area contributed by atoms with E-state index in [0.29, 0.717) is 17.9 Å². The Morgan fingerprint density at radius 1 is 1.50 bits per heavy atom. The number of hydrogen-bond donors (Lipinski definition) is 1. The van der Waals surface area contributed by atoms with Gasteiger partial charge in [0.05, 0.1) is 28.3 Å². The van der Waals surface area contributed by atoms with Crippen LogP contribution in [0.4, 0.5) is 5.69 Å². The molecule has 6 heteroatoms. The van der Waals surface area contributed by atoms with Crippen LogP contribution >= 0.6 is 23.2 Å². The van der Waals surface area contributed by atoms with Crippen LogP contribution in [0.1, 0.15) is 17.3 Å². The third kappa shape index (κ3) is 3.28. The summed E-state index contributed by atoms with van der Waals surface area (Å²) >= 11 is 11.9. The predicted molar refractivity (Wildman–Crippen MR) is 74.3 cm³/mol. The molecule has 1 aromatic rings. The van der Waals surface area contributed by atoms with E-state index >= 15 is 0 Å². The highest BCUT2D eigenvalue weighted by Gasteiger charge is 2.21. The highest BCUT2D eigenvalue weighted by molar-refractivity contribution is 6.44. The van der Waals surface area contributed by atoms with Gasteiger partial charge in [0.1, 0.15) is 0 Å². The van der Waals surface area contributed by atoms with Gasteiger partial charge in [0, 0.05) is 19.8 Å². The quantitative estimate of drug-likeness (QED) is 0.868. The summed E-state index contributed by atoms with van der Waals surface area (Å²) in [6.45, 7) is 2.32. The number of benzene rings is 1. The number of carbonyl (C=O) groups is 1. The molecule has 18 heavy (non-hydrogen) atoms. The first-order chi connectivity index (χ1) is 8.38. The average molecular weight is 291 g/mol. The molecule has 0 radical (unpaired) electrons. The standard InChI is InChI=1S/C12H16Cl2N2O2/c1-7(6-18-3)16(2)12(17)9-4-8(15)5-10(13)11(9)14/h4-5,7H,6,15H2,1-3H3. The molecule has 1 amide bonds. The largest absolute Gasteiger partial charge is 0.399 e. The molecule has 4 nitrogen and oxygen atoms in total. The summed E-state index contributed by atoms with van der Waals surface area (Å²) in [5, 5.41) is 0.486. The van der Waals surface area contributed by atoms with Crippen LogP contribution in [0.3, 0.4) is 0 Å². The number of ether oxygens (including phenoxy) is 1. The van der Waals surface area contributed by atoms with E-state index in [-0.39, 0.29) is 22.0 Å². The van der Waals surface area contributed by atoms with Gasteiger partial charge in [0.15, 0.2) is 0 Å². The molecule has 0 aromatic heterocycles. The summed E-state index contributed by atoms with van der Waals surface area (Å²) in [5.41, 5.74) is 6.36. The number of carbonyl (C=O) groups excluding carboxylic acids is 1. The zero-order chi connectivity index (χ0) is 13.9. The Balaban J connectivity index is 3.04. The number of rotatable bonds is 4. The van der Waals surface area contributed by atoms with Gasteiger partial charge in [-0.15, -0.1) is 0 Å². The Hall–Kier alpha value is -0.970. The Morgan fingerprint density at radius 3 is 2.67 bits per heavy atom. The molecule has 0 aliphatic rings. The van der Waals surface area contributed by atoms with Crippen LogP contribution in [0.15, 0.2) is 12.1 Å². The number of nitrogens with zero attached hydrogens (tertiary/aromatic N) is 1. The van der Waals surface area contributed by atoms with Crippen molar-refractivity contribution < 1.29 is 9.53 Å². The maximum atomic E-state index is 12.3. The molecule has 0 saturated heterocycles. The monoisotopic (exact) mass is 290 g/mol. The van der Waals surface area contributed by atoms with Crippen molar-refractivity contribution in [3.05, 3.63) is 27.7 Å². The number of nitrogen functional groups attached to an aromatic ring is 1. The van der Waals surface area contributed by atoms with Crippen molar-refractivity contribution in [1.29, 1.82) is 0 Å². The number of halogens is 2. The molecule has 2 N–H and O–H groups in total. The number of anilines is 1. The minimum absolute atomic E-state index is 0.0706. The Morgan fingerprint density at radius 2 is 2.11 bits per heavy atom. The van der Waals surface area contributed by atoms with E-state index in [4.69, 9.17) is 33.7 Å². The zero-order valence-corrected chi connectivity index (χ0v) is 12.0. The van der Waals surface area contributed by atoms with Crippen LogP contribution in [0.5, 0.6) is 0 Å². The van der Waals surface area contributed by atoms with E-state index in [1.54, 1.807) is 19.1 Å². The van der Waals surface area contributed by atoms with Crippen molar-refractivity contribution in [3.63, 3.8) is 0 Å². The molecule has 0 bridgehead atoms. The lowest BCUT2D eigenvalue weighted by Gasteiger charge is -2.25. The fraction of sp³-hybridized carbons (Fsp3) is 0.417. The molecular weight excluding hydrogens is 275 g/mol. The lowest BCUT2D eigenvalue weighted by molar-refractivity contribution is 0.0634. The fourth-order valence-electron chi connectivity index (χ4n) is 1.51. The van der Waals surface area contributed by atoms with E-state index in [0.717, 1.165) is 0 Å².